The van der Waals surface area contributed by atoms with Gasteiger partial charge in [0, 0.05) is 51.5 Å². The largest absolute Gasteiger partial charge is 0.383 e. The predicted molar refractivity (Wildman–Crippen MR) is 169 cm³/mol. The van der Waals surface area contributed by atoms with Crippen molar-refractivity contribution in [2.75, 3.05) is 58.7 Å². The van der Waals surface area contributed by atoms with Crippen LogP contribution in [0.1, 0.15) is 30.1 Å². The highest BCUT2D eigenvalue weighted by Gasteiger charge is 2.39. The quantitative estimate of drug-likeness (QED) is 0.145. The summed E-state index contributed by atoms with van der Waals surface area (Å²) in [5.41, 5.74) is 3.85. The minimum atomic E-state index is -0.644. The molecule has 0 aliphatic carbocycles. The molecule has 2 saturated heterocycles. The number of nitrogens with one attached hydrogen (secondary N) is 4. The number of thioether (sulfide) groups is 1. The number of carbonyl (C=O) groups excluding carboxylic acids is 3. The van der Waals surface area contributed by atoms with Crippen LogP contribution in [-0.4, -0.2) is 96.3 Å². The molecule has 2 aromatic rings. The van der Waals surface area contributed by atoms with E-state index in [4.69, 9.17) is 12.2 Å². The standard InChI is InChI=1S/C29H36N8O3S2/c1-4-37-27(40)24(42-28(37)23(17-30)26(39)34-35(3)29(41)31-2)18-33-22-10-9-19-15-21(8-7-20(19)16-22)25(38)32-11-14-36-12-5-6-13-36/h7-10,15-16,24,33H,4-6,11-14,18H2,1-3H3,(H,31,41)(H,32,38)(H,34,39)/b28-23-. The summed E-state index contributed by atoms with van der Waals surface area (Å²) in [6.07, 6.45) is 2.46. The van der Waals surface area contributed by atoms with Gasteiger partial charge in [0.2, 0.25) is 5.91 Å². The molecule has 0 spiro atoms. The number of nitriles is 1. The first-order valence-corrected chi connectivity index (χ1v) is 15.2. The van der Waals surface area contributed by atoms with Gasteiger partial charge in [-0.25, -0.2) is 0 Å². The van der Waals surface area contributed by atoms with Crippen molar-refractivity contribution < 1.29 is 14.4 Å². The van der Waals surface area contributed by atoms with Crippen LogP contribution in [0.3, 0.4) is 0 Å². The first kappa shape index (κ1) is 31.1. The number of benzene rings is 2. The fourth-order valence-electron chi connectivity index (χ4n) is 4.91. The van der Waals surface area contributed by atoms with Crippen molar-refractivity contribution in [2.45, 2.75) is 25.0 Å². The number of hydrazine groups is 1. The summed E-state index contributed by atoms with van der Waals surface area (Å²) in [5.74, 6) is -0.902. The Bertz CT molecular complexity index is 1430. The Morgan fingerprint density at radius 2 is 1.88 bits per heavy atom. The van der Waals surface area contributed by atoms with E-state index in [2.05, 4.69) is 26.3 Å². The first-order chi connectivity index (χ1) is 20.2. The number of thiocarbonyl (C=S) groups is 1. The Hall–Kier alpha value is -3.86. The van der Waals surface area contributed by atoms with E-state index in [9.17, 15) is 19.6 Å². The zero-order valence-electron chi connectivity index (χ0n) is 24.0. The SMILES string of the molecule is CCN1C(=O)C(CNc2ccc3cc(C(=O)NCCN4CCCC4)ccc3c2)S/C1=C(/C#N)C(=O)NN(C)C(=S)NC. The predicted octanol–water partition coefficient (Wildman–Crippen LogP) is 2.24. The summed E-state index contributed by atoms with van der Waals surface area (Å²) in [6.45, 7) is 6.14. The number of anilines is 1. The van der Waals surface area contributed by atoms with Gasteiger partial charge in [0.05, 0.1) is 0 Å². The monoisotopic (exact) mass is 608 g/mol. The number of likely N-dealkylation sites (tertiary alicyclic amines) is 1. The van der Waals surface area contributed by atoms with Crippen molar-refractivity contribution in [1.29, 1.82) is 5.26 Å². The second-order valence-corrected chi connectivity index (χ2v) is 11.6. The van der Waals surface area contributed by atoms with Crippen LogP contribution >= 0.6 is 24.0 Å². The maximum atomic E-state index is 13.2. The maximum Gasteiger partial charge on any atom is 0.283 e. The minimum Gasteiger partial charge on any atom is -0.383 e. The fraction of sp³-hybridized carbons (Fsp3) is 0.414. The molecule has 222 valence electrons. The highest BCUT2D eigenvalue weighted by molar-refractivity contribution is 8.04. The van der Waals surface area contributed by atoms with Crippen LogP contribution in [0.5, 0.6) is 0 Å². The third-order valence-corrected chi connectivity index (χ3v) is 8.98. The molecule has 2 aliphatic rings. The van der Waals surface area contributed by atoms with Crippen LogP contribution in [0.4, 0.5) is 5.69 Å². The molecule has 13 heteroatoms. The average molecular weight is 609 g/mol. The Balaban J connectivity index is 1.39. The van der Waals surface area contributed by atoms with E-state index >= 15 is 0 Å². The second-order valence-electron chi connectivity index (χ2n) is 10.00. The topological polar surface area (TPSA) is 133 Å². The number of fused-ring (bicyclic) bond motifs is 1. The van der Waals surface area contributed by atoms with E-state index in [-0.39, 0.29) is 22.5 Å². The van der Waals surface area contributed by atoms with Gasteiger partial charge in [-0.15, -0.1) is 0 Å². The smallest absolute Gasteiger partial charge is 0.283 e. The number of rotatable bonds is 9. The normalized spacial score (nSPS) is 18.0. The number of hydrogen-bond acceptors (Lipinski definition) is 8. The molecule has 11 nitrogen and oxygen atoms in total. The van der Waals surface area contributed by atoms with Crippen molar-refractivity contribution in [3.05, 3.63) is 52.6 Å². The molecule has 2 aliphatic heterocycles. The molecule has 4 rings (SSSR count). The van der Waals surface area contributed by atoms with Crippen molar-refractivity contribution in [3.8, 4) is 6.07 Å². The maximum absolute atomic E-state index is 13.2. The lowest BCUT2D eigenvalue weighted by Crippen LogP contribution is -2.47. The molecule has 4 N–H and O–H groups in total. The van der Waals surface area contributed by atoms with Gasteiger partial charge in [0.1, 0.15) is 21.9 Å². The molecule has 42 heavy (non-hydrogen) atoms. The third-order valence-electron chi connectivity index (χ3n) is 7.20. The van der Waals surface area contributed by atoms with Gasteiger partial charge in [-0.1, -0.05) is 23.9 Å². The summed E-state index contributed by atoms with van der Waals surface area (Å²) in [4.78, 5) is 42.5. The van der Waals surface area contributed by atoms with Crippen molar-refractivity contribution in [2.24, 2.45) is 0 Å². The second kappa shape index (κ2) is 14.4. The Morgan fingerprint density at radius 3 is 2.57 bits per heavy atom. The number of carbonyl (C=O) groups is 3. The lowest BCUT2D eigenvalue weighted by Gasteiger charge is -2.21. The van der Waals surface area contributed by atoms with Crippen LogP contribution in [0.15, 0.2) is 47.0 Å². The van der Waals surface area contributed by atoms with E-state index in [1.54, 1.807) is 21.0 Å². The van der Waals surface area contributed by atoms with Crippen molar-refractivity contribution in [1.82, 2.24) is 30.9 Å². The zero-order chi connectivity index (χ0) is 30.2. The highest BCUT2D eigenvalue weighted by atomic mass is 32.2. The zero-order valence-corrected chi connectivity index (χ0v) is 25.7. The van der Waals surface area contributed by atoms with Gasteiger partial charge >= 0.3 is 0 Å². The number of nitrogens with zero attached hydrogens (tertiary/aromatic N) is 4. The van der Waals surface area contributed by atoms with Crippen LogP contribution in [-0.2, 0) is 9.59 Å². The summed E-state index contributed by atoms with van der Waals surface area (Å²) in [7, 11) is 3.18. The molecular weight excluding hydrogens is 573 g/mol. The molecular formula is C29H36N8O3S2. The highest BCUT2D eigenvalue weighted by Crippen LogP contribution is 2.37. The molecule has 2 aromatic carbocycles. The lowest BCUT2D eigenvalue weighted by atomic mass is 10.1. The Labute approximate surface area is 255 Å². The summed E-state index contributed by atoms with van der Waals surface area (Å²) < 4.78 is 0. The molecule has 0 radical (unpaired) electrons. The van der Waals surface area contributed by atoms with Gasteiger partial charge in [-0.05, 0) is 80.1 Å². The number of hydrogen-bond donors (Lipinski definition) is 4. The molecule has 2 fully saturated rings. The molecule has 1 atom stereocenters. The molecule has 0 saturated carbocycles. The summed E-state index contributed by atoms with van der Waals surface area (Å²) >= 11 is 6.29. The fourth-order valence-corrected chi connectivity index (χ4v) is 6.22. The van der Waals surface area contributed by atoms with E-state index in [1.165, 1.54) is 34.5 Å². The lowest BCUT2D eigenvalue weighted by molar-refractivity contribution is -0.127. The Kier molecular flexibility index (Phi) is 10.6. The van der Waals surface area contributed by atoms with Gasteiger partial charge in [-0.3, -0.25) is 24.8 Å². The summed E-state index contributed by atoms with van der Waals surface area (Å²) in [5, 5.41) is 22.1. The Morgan fingerprint density at radius 1 is 1.17 bits per heavy atom. The molecule has 3 amide bonds. The molecule has 1 unspecified atom stereocenters. The average Bonchev–Trinajstić information content (AvgIpc) is 3.62. The van der Waals surface area contributed by atoms with Crippen molar-refractivity contribution >= 4 is 63.3 Å². The molecule has 0 bridgehead atoms. The van der Waals surface area contributed by atoms with Gasteiger partial charge in [-0.2, -0.15) is 5.26 Å². The van der Waals surface area contributed by atoms with Crippen LogP contribution in [0, 0.1) is 11.3 Å². The van der Waals surface area contributed by atoms with E-state index in [0.29, 0.717) is 30.2 Å². The first-order valence-electron chi connectivity index (χ1n) is 13.9. The van der Waals surface area contributed by atoms with Crippen LogP contribution < -0.4 is 21.4 Å². The number of amides is 3. The molecule has 2 heterocycles. The third kappa shape index (κ3) is 7.31. The van der Waals surface area contributed by atoms with Crippen LogP contribution in [0.2, 0.25) is 0 Å². The van der Waals surface area contributed by atoms with E-state index < -0.39 is 11.2 Å². The molecule has 0 aromatic heterocycles. The summed E-state index contributed by atoms with van der Waals surface area (Å²) in [6, 6.07) is 13.4. The van der Waals surface area contributed by atoms with Crippen molar-refractivity contribution in [3.63, 3.8) is 0 Å². The van der Waals surface area contributed by atoms with E-state index in [1.807, 2.05) is 42.5 Å². The minimum absolute atomic E-state index is 0.0822. The van der Waals surface area contributed by atoms with Gasteiger partial charge in [0.15, 0.2) is 5.11 Å². The van der Waals surface area contributed by atoms with Crippen LogP contribution in [0.25, 0.3) is 10.8 Å². The van der Waals surface area contributed by atoms with Gasteiger partial charge in [0.25, 0.3) is 11.8 Å². The van der Waals surface area contributed by atoms with Gasteiger partial charge < -0.3 is 25.8 Å². The van der Waals surface area contributed by atoms with E-state index in [0.717, 1.165) is 36.1 Å².